The Morgan fingerprint density at radius 2 is 2.00 bits per heavy atom. The highest BCUT2D eigenvalue weighted by atomic mass is 15.5. The Kier molecular flexibility index (Phi) is 2.04. The fraction of sp³-hybridized carbons (Fsp3) is 0.500. The van der Waals surface area contributed by atoms with Crippen molar-refractivity contribution in [2.45, 2.75) is 32.7 Å². The molecule has 0 amide bonds. The zero-order valence-electron chi connectivity index (χ0n) is 9.39. The molecule has 1 aromatic carbocycles. The first kappa shape index (κ1) is 9.53. The molecule has 0 aromatic heterocycles. The number of hydrogen-bond acceptors (Lipinski definition) is 2. The van der Waals surface area contributed by atoms with E-state index in [2.05, 4.69) is 56.5 Å². The van der Waals surface area contributed by atoms with E-state index < -0.39 is 0 Å². The second-order valence-corrected chi connectivity index (χ2v) is 4.96. The average Bonchev–Trinajstić information content (AvgIpc) is 2.46. The summed E-state index contributed by atoms with van der Waals surface area (Å²) in [5.41, 5.74) is 7.73. The van der Waals surface area contributed by atoms with Gasteiger partial charge in [0.25, 0.3) is 0 Å². The summed E-state index contributed by atoms with van der Waals surface area (Å²) in [6.07, 6.45) is 0. The van der Waals surface area contributed by atoms with Crippen LogP contribution in [0.25, 0.3) is 0 Å². The van der Waals surface area contributed by atoms with E-state index in [9.17, 15) is 0 Å². The standard InChI is InChI=1S/C12H18N2/c1-12(2,3)10-7-5-6-9-8-13-14(4)11(9)10/h5-7,13H,8H2,1-4H3. The minimum absolute atomic E-state index is 0.214. The molecule has 0 atom stereocenters. The molecule has 1 N–H and O–H groups in total. The number of fused-ring (bicyclic) bond motifs is 1. The third-order valence-corrected chi connectivity index (χ3v) is 2.77. The van der Waals surface area contributed by atoms with Crippen molar-refractivity contribution < 1.29 is 0 Å². The zero-order chi connectivity index (χ0) is 10.3. The third-order valence-electron chi connectivity index (χ3n) is 2.77. The number of nitrogens with one attached hydrogen (secondary N) is 1. The number of rotatable bonds is 0. The topological polar surface area (TPSA) is 15.3 Å². The second-order valence-electron chi connectivity index (χ2n) is 4.96. The first-order valence-electron chi connectivity index (χ1n) is 5.10. The van der Waals surface area contributed by atoms with Crippen molar-refractivity contribution in [1.82, 2.24) is 5.43 Å². The molecule has 1 heterocycles. The van der Waals surface area contributed by atoms with Crippen LogP contribution in [0.4, 0.5) is 5.69 Å². The molecule has 1 aliphatic heterocycles. The van der Waals surface area contributed by atoms with Crippen LogP contribution in [-0.2, 0) is 12.0 Å². The Labute approximate surface area is 85.9 Å². The number of benzene rings is 1. The van der Waals surface area contributed by atoms with E-state index in [1.807, 2.05) is 0 Å². The Hall–Kier alpha value is -1.02. The van der Waals surface area contributed by atoms with E-state index in [0.29, 0.717) is 0 Å². The van der Waals surface area contributed by atoms with Crippen LogP contribution in [0.2, 0.25) is 0 Å². The Morgan fingerprint density at radius 1 is 1.29 bits per heavy atom. The predicted molar refractivity (Wildman–Crippen MR) is 60.4 cm³/mol. The molecule has 0 aliphatic carbocycles. The largest absolute Gasteiger partial charge is 0.311 e. The second kappa shape index (κ2) is 2.99. The quantitative estimate of drug-likeness (QED) is 0.676. The van der Waals surface area contributed by atoms with Gasteiger partial charge >= 0.3 is 0 Å². The van der Waals surface area contributed by atoms with Gasteiger partial charge in [-0.3, -0.25) is 0 Å². The van der Waals surface area contributed by atoms with Crippen LogP contribution in [0, 0.1) is 0 Å². The number of hydrogen-bond donors (Lipinski definition) is 1. The van der Waals surface area contributed by atoms with Gasteiger partial charge in [0.2, 0.25) is 0 Å². The highest BCUT2D eigenvalue weighted by Crippen LogP contribution is 2.35. The first-order chi connectivity index (χ1) is 6.50. The van der Waals surface area contributed by atoms with Crippen molar-refractivity contribution in [1.29, 1.82) is 0 Å². The van der Waals surface area contributed by atoms with E-state index in [0.717, 1.165) is 6.54 Å². The maximum Gasteiger partial charge on any atom is 0.0599 e. The summed E-state index contributed by atoms with van der Waals surface area (Å²) in [6, 6.07) is 6.57. The van der Waals surface area contributed by atoms with Crippen molar-refractivity contribution >= 4 is 5.69 Å². The van der Waals surface area contributed by atoms with E-state index in [4.69, 9.17) is 0 Å². The molecule has 2 heteroatoms. The van der Waals surface area contributed by atoms with Gasteiger partial charge in [0, 0.05) is 13.6 Å². The molecule has 0 radical (unpaired) electrons. The minimum atomic E-state index is 0.214. The predicted octanol–water partition coefficient (Wildman–Crippen LogP) is 2.44. The third kappa shape index (κ3) is 1.40. The molecule has 0 spiro atoms. The van der Waals surface area contributed by atoms with Crippen LogP contribution in [0.15, 0.2) is 18.2 Å². The molecule has 2 nitrogen and oxygen atoms in total. The minimum Gasteiger partial charge on any atom is -0.311 e. The Balaban J connectivity index is 2.58. The normalized spacial score (nSPS) is 15.9. The summed E-state index contributed by atoms with van der Waals surface area (Å²) >= 11 is 0. The van der Waals surface area contributed by atoms with E-state index in [1.54, 1.807) is 0 Å². The maximum atomic E-state index is 3.33. The monoisotopic (exact) mass is 190 g/mol. The summed E-state index contributed by atoms with van der Waals surface area (Å²) in [5.74, 6) is 0. The van der Waals surface area contributed by atoms with Gasteiger partial charge in [0.15, 0.2) is 0 Å². The van der Waals surface area contributed by atoms with Gasteiger partial charge in [-0.2, -0.15) is 0 Å². The Bertz CT molecular complexity index is 350. The van der Waals surface area contributed by atoms with Crippen molar-refractivity contribution in [2.24, 2.45) is 0 Å². The highest BCUT2D eigenvalue weighted by Gasteiger charge is 2.25. The molecular weight excluding hydrogens is 172 g/mol. The SMILES string of the molecule is CN1NCc2cccc(C(C)(C)C)c21. The lowest BCUT2D eigenvalue weighted by Gasteiger charge is -2.25. The van der Waals surface area contributed by atoms with Crippen LogP contribution < -0.4 is 10.4 Å². The van der Waals surface area contributed by atoms with E-state index in [-0.39, 0.29) is 5.41 Å². The van der Waals surface area contributed by atoms with E-state index in [1.165, 1.54) is 16.8 Å². The summed E-state index contributed by atoms with van der Waals surface area (Å²) in [7, 11) is 2.08. The van der Waals surface area contributed by atoms with Crippen LogP contribution in [0.3, 0.4) is 0 Å². The van der Waals surface area contributed by atoms with Crippen LogP contribution >= 0.6 is 0 Å². The maximum absolute atomic E-state index is 3.33. The summed E-state index contributed by atoms with van der Waals surface area (Å²) in [4.78, 5) is 0. The van der Waals surface area contributed by atoms with Crippen molar-refractivity contribution in [3.63, 3.8) is 0 Å². The molecular formula is C12H18N2. The van der Waals surface area contributed by atoms with Crippen molar-refractivity contribution in [2.75, 3.05) is 12.1 Å². The van der Waals surface area contributed by atoms with Crippen LogP contribution in [0.5, 0.6) is 0 Å². The van der Waals surface area contributed by atoms with Gasteiger partial charge in [-0.05, 0) is 16.5 Å². The van der Waals surface area contributed by atoms with Crippen molar-refractivity contribution in [3.8, 4) is 0 Å². The van der Waals surface area contributed by atoms with Crippen LogP contribution in [0.1, 0.15) is 31.9 Å². The van der Waals surface area contributed by atoms with Gasteiger partial charge in [0.1, 0.15) is 0 Å². The molecule has 1 aliphatic rings. The lowest BCUT2D eigenvalue weighted by Crippen LogP contribution is -2.28. The summed E-state index contributed by atoms with van der Waals surface area (Å²) < 4.78 is 0. The number of para-hydroxylation sites is 1. The van der Waals surface area contributed by atoms with Gasteiger partial charge in [-0.25, -0.2) is 5.43 Å². The first-order valence-corrected chi connectivity index (χ1v) is 5.10. The van der Waals surface area contributed by atoms with E-state index >= 15 is 0 Å². The number of anilines is 1. The number of nitrogens with zero attached hydrogens (tertiary/aromatic N) is 1. The highest BCUT2D eigenvalue weighted by molar-refractivity contribution is 5.63. The van der Waals surface area contributed by atoms with Gasteiger partial charge in [0.05, 0.1) is 5.69 Å². The fourth-order valence-electron chi connectivity index (χ4n) is 2.02. The molecule has 1 aromatic rings. The molecule has 76 valence electrons. The molecule has 0 fully saturated rings. The Morgan fingerprint density at radius 3 is 2.64 bits per heavy atom. The lowest BCUT2D eigenvalue weighted by molar-refractivity contribution is 0.588. The molecule has 0 unspecified atom stereocenters. The summed E-state index contributed by atoms with van der Waals surface area (Å²) in [5, 5.41) is 2.13. The molecule has 0 bridgehead atoms. The smallest absolute Gasteiger partial charge is 0.0599 e. The van der Waals surface area contributed by atoms with Crippen molar-refractivity contribution in [3.05, 3.63) is 29.3 Å². The van der Waals surface area contributed by atoms with Gasteiger partial charge < -0.3 is 5.01 Å². The van der Waals surface area contributed by atoms with Gasteiger partial charge in [-0.1, -0.05) is 39.0 Å². The fourth-order valence-corrected chi connectivity index (χ4v) is 2.02. The zero-order valence-corrected chi connectivity index (χ0v) is 9.39. The molecule has 0 saturated heterocycles. The molecule has 14 heavy (non-hydrogen) atoms. The molecule has 2 rings (SSSR count). The van der Waals surface area contributed by atoms with Gasteiger partial charge in [-0.15, -0.1) is 0 Å². The lowest BCUT2D eigenvalue weighted by atomic mass is 9.84. The summed E-state index contributed by atoms with van der Waals surface area (Å²) in [6.45, 7) is 7.73. The average molecular weight is 190 g/mol. The molecule has 0 saturated carbocycles. The number of hydrazine groups is 1. The van der Waals surface area contributed by atoms with Crippen LogP contribution in [-0.4, -0.2) is 7.05 Å².